The molecule has 0 spiro atoms. The summed E-state index contributed by atoms with van der Waals surface area (Å²) in [4.78, 5) is 26.6. The zero-order valence-electron chi connectivity index (χ0n) is 16.5. The number of piperidine rings is 1. The van der Waals surface area contributed by atoms with Crippen molar-refractivity contribution in [2.24, 2.45) is 0 Å². The van der Waals surface area contributed by atoms with Gasteiger partial charge in [0.1, 0.15) is 0 Å². The molecule has 2 aromatic rings. The van der Waals surface area contributed by atoms with Gasteiger partial charge in [-0.15, -0.1) is 0 Å². The quantitative estimate of drug-likeness (QED) is 0.745. The first-order chi connectivity index (χ1) is 13.6. The zero-order chi connectivity index (χ0) is 19.9. The minimum Gasteiger partial charge on any atom is -0.465 e. The fourth-order valence-corrected chi connectivity index (χ4v) is 3.41. The van der Waals surface area contributed by atoms with Gasteiger partial charge in [0.25, 0.3) is 0 Å². The lowest BCUT2D eigenvalue weighted by molar-refractivity contribution is -0.114. The number of ether oxygens (including phenoxy) is 1. The van der Waals surface area contributed by atoms with Crippen molar-refractivity contribution in [1.29, 1.82) is 0 Å². The largest absolute Gasteiger partial charge is 0.465 e. The van der Waals surface area contributed by atoms with Gasteiger partial charge < -0.3 is 20.3 Å². The molecular formula is C22H27N3O3. The van der Waals surface area contributed by atoms with Gasteiger partial charge in [-0.25, -0.2) is 4.79 Å². The fourth-order valence-electron chi connectivity index (χ4n) is 3.41. The fraction of sp³-hybridized carbons (Fsp3) is 0.364. The van der Waals surface area contributed by atoms with E-state index in [2.05, 4.69) is 21.6 Å². The Morgan fingerprint density at radius 1 is 1.04 bits per heavy atom. The first-order valence-electron chi connectivity index (χ1n) is 9.65. The number of rotatable bonds is 6. The first kappa shape index (κ1) is 19.7. The number of nitrogens with one attached hydrogen (secondary N) is 2. The van der Waals surface area contributed by atoms with Crippen LogP contribution >= 0.6 is 0 Å². The summed E-state index contributed by atoms with van der Waals surface area (Å²) < 4.78 is 4.74. The van der Waals surface area contributed by atoms with Crippen molar-refractivity contribution in [3.8, 4) is 0 Å². The van der Waals surface area contributed by atoms with E-state index in [-0.39, 0.29) is 12.5 Å². The molecule has 28 heavy (non-hydrogen) atoms. The average molecular weight is 381 g/mol. The standard InChI is InChI=1S/C22H27N3O3/c1-16-10-11-17(22(27)28-2)14-19(16)24-21(26)15-23-18-8-4-5-9-20(18)25-12-6-3-7-13-25/h4-5,8-11,14,23H,3,6-7,12-13,15H2,1-2H3,(H,24,26). The van der Waals surface area contributed by atoms with Crippen LogP contribution in [0.1, 0.15) is 35.2 Å². The van der Waals surface area contributed by atoms with Gasteiger partial charge in [0, 0.05) is 18.8 Å². The molecule has 0 unspecified atom stereocenters. The Morgan fingerprint density at radius 3 is 2.54 bits per heavy atom. The van der Waals surface area contributed by atoms with Crippen molar-refractivity contribution in [2.75, 3.05) is 42.3 Å². The van der Waals surface area contributed by atoms with Crippen molar-refractivity contribution < 1.29 is 14.3 Å². The summed E-state index contributed by atoms with van der Waals surface area (Å²) in [5.74, 6) is -0.595. The summed E-state index contributed by atoms with van der Waals surface area (Å²) in [7, 11) is 1.34. The maximum Gasteiger partial charge on any atom is 0.337 e. The van der Waals surface area contributed by atoms with Gasteiger partial charge >= 0.3 is 5.97 Å². The molecule has 1 heterocycles. The molecule has 0 radical (unpaired) electrons. The number of para-hydroxylation sites is 2. The molecule has 148 valence electrons. The van der Waals surface area contributed by atoms with Crippen LogP contribution in [0.2, 0.25) is 0 Å². The SMILES string of the molecule is COC(=O)c1ccc(C)c(NC(=O)CNc2ccccc2N2CCCCC2)c1. The molecule has 3 rings (SSSR count). The normalized spacial score (nSPS) is 13.7. The predicted molar refractivity (Wildman–Crippen MR) is 112 cm³/mol. The van der Waals surface area contributed by atoms with E-state index in [1.54, 1.807) is 18.2 Å². The number of hydrogen-bond acceptors (Lipinski definition) is 5. The monoisotopic (exact) mass is 381 g/mol. The number of esters is 1. The molecule has 1 fully saturated rings. The van der Waals surface area contributed by atoms with E-state index < -0.39 is 5.97 Å². The van der Waals surface area contributed by atoms with E-state index in [0.29, 0.717) is 11.3 Å². The van der Waals surface area contributed by atoms with E-state index >= 15 is 0 Å². The van der Waals surface area contributed by atoms with Crippen LogP contribution in [0.15, 0.2) is 42.5 Å². The summed E-state index contributed by atoms with van der Waals surface area (Å²) in [6, 6.07) is 13.2. The number of methoxy groups -OCH3 is 1. The molecule has 1 saturated heterocycles. The van der Waals surface area contributed by atoms with E-state index in [1.807, 2.05) is 25.1 Å². The number of carbonyl (C=O) groups is 2. The van der Waals surface area contributed by atoms with Crippen LogP contribution in [0.3, 0.4) is 0 Å². The third-order valence-corrected chi connectivity index (χ3v) is 4.97. The maximum atomic E-state index is 12.5. The van der Waals surface area contributed by atoms with Crippen LogP contribution in [0.25, 0.3) is 0 Å². The molecule has 1 amide bonds. The van der Waals surface area contributed by atoms with Gasteiger partial charge in [-0.1, -0.05) is 18.2 Å². The topological polar surface area (TPSA) is 70.7 Å². The molecule has 6 nitrogen and oxygen atoms in total. The Morgan fingerprint density at radius 2 is 1.79 bits per heavy atom. The Hall–Kier alpha value is -3.02. The van der Waals surface area contributed by atoms with E-state index in [0.717, 1.165) is 30.0 Å². The van der Waals surface area contributed by atoms with E-state index in [9.17, 15) is 9.59 Å². The molecule has 1 aliphatic heterocycles. The van der Waals surface area contributed by atoms with Gasteiger partial charge in [-0.2, -0.15) is 0 Å². The molecule has 1 aliphatic rings. The Bertz CT molecular complexity index is 845. The molecule has 2 aromatic carbocycles. The molecule has 6 heteroatoms. The third kappa shape index (κ3) is 4.82. The van der Waals surface area contributed by atoms with Crippen molar-refractivity contribution in [2.45, 2.75) is 26.2 Å². The van der Waals surface area contributed by atoms with E-state index in [4.69, 9.17) is 4.74 Å². The summed E-state index contributed by atoms with van der Waals surface area (Å²) in [5.41, 5.74) is 4.00. The third-order valence-electron chi connectivity index (χ3n) is 4.97. The highest BCUT2D eigenvalue weighted by molar-refractivity contribution is 5.97. The van der Waals surface area contributed by atoms with Crippen LogP contribution in [0, 0.1) is 6.92 Å². The smallest absolute Gasteiger partial charge is 0.337 e. The highest BCUT2D eigenvalue weighted by atomic mass is 16.5. The van der Waals surface area contributed by atoms with Crippen LogP contribution in [-0.4, -0.2) is 38.6 Å². The Kier molecular flexibility index (Phi) is 6.53. The van der Waals surface area contributed by atoms with Gasteiger partial charge in [-0.3, -0.25) is 4.79 Å². The number of hydrogen-bond donors (Lipinski definition) is 2. The van der Waals surface area contributed by atoms with Gasteiger partial charge in [-0.05, 0) is 56.0 Å². The lowest BCUT2D eigenvalue weighted by Gasteiger charge is -2.30. The van der Waals surface area contributed by atoms with Gasteiger partial charge in [0.15, 0.2) is 0 Å². The lowest BCUT2D eigenvalue weighted by Crippen LogP contribution is -2.30. The molecule has 2 N–H and O–H groups in total. The van der Waals surface area contributed by atoms with Crippen molar-refractivity contribution in [3.05, 3.63) is 53.6 Å². The first-order valence-corrected chi connectivity index (χ1v) is 9.65. The lowest BCUT2D eigenvalue weighted by atomic mass is 10.1. The summed E-state index contributed by atoms with van der Waals surface area (Å²) in [6.45, 7) is 4.12. The summed E-state index contributed by atoms with van der Waals surface area (Å²) in [5, 5.41) is 6.13. The van der Waals surface area contributed by atoms with E-state index in [1.165, 1.54) is 26.4 Å². The molecule has 0 bridgehead atoms. The minimum atomic E-state index is -0.427. The molecule has 0 atom stereocenters. The maximum absolute atomic E-state index is 12.5. The second kappa shape index (κ2) is 9.26. The number of amides is 1. The van der Waals surface area contributed by atoms with Crippen molar-refractivity contribution in [1.82, 2.24) is 0 Å². The Balaban J connectivity index is 1.65. The highest BCUT2D eigenvalue weighted by Gasteiger charge is 2.15. The summed E-state index contributed by atoms with van der Waals surface area (Å²) >= 11 is 0. The van der Waals surface area contributed by atoms with Gasteiger partial charge in [0.05, 0.1) is 30.6 Å². The predicted octanol–water partition coefficient (Wildman–Crippen LogP) is 3.82. The Labute approximate surface area is 165 Å². The molecule has 0 saturated carbocycles. The summed E-state index contributed by atoms with van der Waals surface area (Å²) in [6.07, 6.45) is 3.67. The van der Waals surface area contributed by atoms with Crippen LogP contribution in [0.5, 0.6) is 0 Å². The zero-order valence-corrected chi connectivity index (χ0v) is 16.5. The number of aryl methyl sites for hydroxylation is 1. The minimum absolute atomic E-state index is 0.146. The van der Waals surface area contributed by atoms with Crippen molar-refractivity contribution in [3.63, 3.8) is 0 Å². The van der Waals surface area contributed by atoms with Crippen LogP contribution < -0.4 is 15.5 Å². The van der Waals surface area contributed by atoms with Crippen molar-refractivity contribution >= 4 is 28.9 Å². The highest BCUT2D eigenvalue weighted by Crippen LogP contribution is 2.28. The van der Waals surface area contributed by atoms with Crippen LogP contribution in [-0.2, 0) is 9.53 Å². The number of carbonyl (C=O) groups excluding carboxylic acids is 2. The number of benzene rings is 2. The number of anilines is 3. The molecular weight excluding hydrogens is 354 g/mol. The molecule has 0 aromatic heterocycles. The second-order valence-electron chi connectivity index (χ2n) is 6.99. The van der Waals surface area contributed by atoms with Crippen LogP contribution in [0.4, 0.5) is 17.1 Å². The number of nitrogens with zero attached hydrogens (tertiary/aromatic N) is 1. The van der Waals surface area contributed by atoms with Gasteiger partial charge in [0.2, 0.25) is 5.91 Å². The average Bonchev–Trinajstić information content (AvgIpc) is 2.74. The second-order valence-corrected chi connectivity index (χ2v) is 6.99. The molecule has 0 aliphatic carbocycles.